The molecule has 0 aliphatic carbocycles. The highest BCUT2D eigenvalue weighted by Gasteiger charge is 2.32. The Labute approximate surface area is 120 Å². The number of β-amino-alcohol motifs (C(OH)–C–C–N with tert-alkyl or cyclic N) is 1. The molecule has 1 heterocycles. The quantitative estimate of drug-likeness (QED) is 0.929. The lowest BCUT2D eigenvalue weighted by Gasteiger charge is -2.16. The zero-order valence-electron chi connectivity index (χ0n) is 11.4. The van der Waals surface area contributed by atoms with Gasteiger partial charge in [0, 0.05) is 19.0 Å². The highest BCUT2D eigenvalue weighted by atomic mass is 19.4. The highest BCUT2D eigenvalue weighted by Crippen LogP contribution is 2.23. The minimum atomic E-state index is -4.72. The van der Waals surface area contributed by atoms with Crippen LogP contribution in [-0.2, 0) is 11.2 Å². The molecule has 0 bridgehead atoms. The highest BCUT2D eigenvalue weighted by molar-refractivity contribution is 5.79. The molecule has 0 unspecified atom stereocenters. The van der Waals surface area contributed by atoms with Gasteiger partial charge in [0.05, 0.1) is 12.5 Å². The molecule has 2 atom stereocenters. The maximum Gasteiger partial charge on any atom is 0.573 e. The molecular formula is C14H16F3NO3. The van der Waals surface area contributed by atoms with Gasteiger partial charge < -0.3 is 14.7 Å². The van der Waals surface area contributed by atoms with Gasteiger partial charge in [-0.15, -0.1) is 13.2 Å². The van der Waals surface area contributed by atoms with E-state index < -0.39 is 12.5 Å². The number of carbonyl (C=O) groups is 1. The lowest BCUT2D eigenvalue weighted by molar-refractivity contribution is -0.274. The van der Waals surface area contributed by atoms with E-state index >= 15 is 0 Å². The second-order valence-electron chi connectivity index (χ2n) is 5.21. The standard InChI is InChI=1S/C14H16F3NO3/c1-9-7-18(8-12(9)19)13(20)6-10-2-4-11(5-3-10)21-14(15,16)17/h2-5,9,12,19H,6-8H2,1H3/t9-,12-/m1/s1. The van der Waals surface area contributed by atoms with Gasteiger partial charge in [-0.1, -0.05) is 19.1 Å². The Morgan fingerprint density at radius 3 is 2.43 bits per heavy atom. The van der Waals surface area contributed by atoms with E-state index in [2.05, 4.69) is 4.74 Å². The van der Waals surface area contributed by atoms with Crippen molar-refractivity contribution in [3.8, 4) is 5.75 Å². The average molecular weight is 303 g/mol. The SMILES string of the molecule is C[C@@H]1CN(C(=O)Cc2ccc(OC(F)(F)F)cc2)C[C@H]1O. The summed E-state index contributed by atoms with van der Waals surface area (Å²) in [6.45, 7) is 2.66. The van der Waals surface area contributed by atoms with Crippen LogP contribution in [0.3, 0.4) is 0 Å². The fourth-order valence-electron chi connectivity index (χ4n) is 2.25. The maximum atomic E-state index is 12.0. The molecule has 0 aromatic heterocycles. The predicted octanol–water partition coefficient (Wildman–Crippen LogP) is 1.97. The van der Waals surface area contributed by atoms with E-state index in [1.165, 1.54) is 24.3 Å². The number of alkyl halides is 3. The molecule has 2 rings (SSSR count). The summed E-state index contributed by atoms with van der Waals surface area (Å²) in [5, 5.41) is 9.61. The van der Waals surface area contributed by atoms with E-state index in [9.17, 15) is 23.1 Å². The number of hydrogen-bond acceptors (Lipinski definition) is 3. The first kappa shape index (κ1) is 15.6. The minimum Gasteiger partial charge on any atom is -0.406 e. The van der Waals surface area contributed by atoms with Gasteiger partial charge >= 0.3 is 6.36 Å². The zero-order chi connectivity index (χ0) is 15.6. The predicted molar refractivity (Wildman–Crippen MR) is 68.6 cm³/mol. The second kappa shape index (κ2) is 5.93. The summed E-state index contributed by atoms with van der Waals surface area (Å²) in [4.78, 5) is 13.6. The third-order valence-electron chi connectivity index (χ3n) is 3.44. The summed E-state index contributed by atoms with van der Waals surface area (Å²) in [7, 11) is 0. The summed E-state index contributed by atoms with van der Waals surface area (Å²) in [6.07, 6.45) is -5.15. The molecular weight excluding hydrogens is 287 g/mol. The molecule has 0 saturated carbocycles. The summed E-state index contributed by atoms with van der Waals surface area (Å²) in [5.41, 5.74) is 0.601. The maximum absolute atomic E-state index is 12.0. The van der Waals surface area contributed by atoms with E-state index in [0.717, 1.165) is 0 Å². The molecule has 21 heavy (non-hydrogen) atoms. The van der Waals surface area contributed by atoms with E-state index in [-0.39, 0.29) is 24.0 Å². The van der Waals surface area contributed by atoms with Crippen LogP contribution in [0.1, 0.15) is 12.5 Å². The van der Waals surface area contributed by atoms with Crippen LogP contribution in [0.15, 0.2) is 24.3 Å². The Morgan fingerprint density at radius 1 is 1.33 bits per heavy atom. The van der Waals surface area contributed by atoms with Gasteiger partial charge in [0.25, 0.3) is 0 Å². The van der Waals surface area contributed by atoms with E-state index in [1.54, 1.807) is 4.90 Å². The van der Waals surface area contributed by atoms with Crippen molar-refractivity contribution in [3.05, 3.63) is 29.8 Å². The number of benzene rings is 1. The van der Waals surface area contributed by atoms with Crippen LogP contribution in [0.4, 0.5) is 13.2 Å². The third kappa shape index (κ3) is 4.35. The number of halogens is 3. The first-order valence-electron chi connectivity index (χ1n) is 6.55. The first-order valence-corrected chi connectivity index (χ1v) is 6.55. The number of nitrogens with zero attached hydrogens (tertiary/aromatic N) is 1. The number of likely N-dealkylation sites (tertiary alicyclic amines) is 1. The Balaban J connectivity index is 1.93. The van der Waals surface area contributed by atoms with Crippen molar-refractivity contribution in [2.24, 2.45) is 5.92 Å². The van der Waals surface area contributed by atoms with Gasteiger partial charge in [0.15, 0.2) is 0 Å². The van der Waals surface area contributed by atoms with Crippen molar-refractivity contribution in [3.63, 3.8) is 0 Å². The van der Waals surface area contributed by atoms with Gasteiger partial charge in [-0.2, -0.15) is 0 Å². The Kier molecular flexibility index (Phi) is 4.41. The largest absolute Gasteiger partial charge is 0.573 e. The van der Waals surface area contributed by atoms with Crippen molar-refractivity contribution in [1.82, 2.24) is 4.90 Å². The molecule has 1 aromatic carbocycles. The number of aliphatic hydroxyl groups excluding tert-OH is 1. The Morgan fingerprint density at radius 2 is 1.95 bits per heavy atom. The zero-order valence-corrected chi connectivity index (χ0v) is 11.4. The smallest absolute Gasteiger partial charge is 0.406 e. The fraction of sp³-hybridized carbons (Fsp3) is 0.500. The van der Waals surface area contributed by atoms with Gasteiger partial charge in [-0.25, -0.2) is 0 Å². The van der Waals surface area contributed by atoms with Crippen molar-refractivity contribution < 1.29 is 27.8 Å². The van der Waals surface area contributed by atoms with Crippen LogP contribution < -0.4 is 4.74 Å². The molecule has 1 aliphatic rings. The van der Waals surface area contributed by atoms with Gasteiger partial charge in [0.2, 0.25) is 5.91 Å². The van der Waals surface area contributed by atoms with Crippen molar-refractivity contribution >= 4 is 5.91 Å². The number of hydrogen-bond donors (Lipinski definition) is 1. The first-order chi connectivity index (χ1) is 9.74. The average Bonchev–Trinajstić information content (AvgIpc) is 2.70. The fourth-order valence-corrected chi connectivity index (χ4v) is 2.25. The lowest BCUT2D eigenvalue weighted by atomic mass is 10.1. The van der Waals surface area contributed by atoms with Crippen molar-refractivity contribution in [2.75, 3.05) is 13.1 Å². The van der Waals surface area contributed by atoms with Gasteiger partial charge in [-0.05, 0) is 17.7 Å². The van der Waals surface area contributed by atoms with Crippen molar-refractivity contribution in [1.29, 1.82) is 0 Å². The number of aliphatic hydroxyl groups is 1. The van der Waals surface area contributed by atoms with Crippen LogP contribution in [-0.4, -0.2) is 41.5 Å². The molecule has 1 fully saturated rings. The summed E-state index contributed by atoms with van der Waals surface area (Å²) < 4.78 is 39.8. The summed E-state index contributed by atoms with van der Waals surface area (Å²) in [6, 6.07) is 5.21. The molecule has 1 N–H and O–H groups in total. The number of carbonyl (C=O) groups excluding carboxylic acids is 1. The Bertz CT molecular complexity index is 491. The number of amides is 1. The molecule has 0 spiro atoms. The Hall–Kier alpha value is -1.76. The topological polar surface area (TPSA) is 49.8 Å². The van der Waals surface area contributed by atoms with Gasteiger partial charge in [0.1, 0.15) is 5.75 Å². The van der Waals surface area contributed by atoms with Crippen LogP contribution in [0.25, 0.3) is 0 Å². The van der Waals surface area contributed by atoms with E-state index in [4.69, 9.17) is 0 Å². The second-order valence-corrected chi connectivity index (χ2v) is 5.21. The van der Waals surface area contributed by atoms with Crippen molar-refractivity contribution in [2.45, 2.75) is 25.8 Å². The van der Waals surface area contributed by atoms with Crippen LogP contribution in [0.2, 0.25) is 0 Å². The molecule has 4 nitrogen and oxygen atoms in total. The molecule has 1 aromatic rings. The molecule has 7 heteroatoms. The summed E-state index contributed by atoms with van der Waals surface area (Å²) in [5.74, 6) is -0.427. The molecule has 116 valence electrons. The van der Waals surface area contributed by atoms with Crippen LogP contribution >= 0.6 is 0 Å². The van der Waals surface area contributed by atoms with E-state index in [0.29, 0.717) is 18.7 Å². The van der Waals surface area contributed by atoms with E-state index in [1.807, 2.05) is 6.92 Å². The normalized spacial score (nSPS) is 22.4. The summed E-state index contributed by atoms with van der Waals surface area (Å²) >= 11 is 0. The molecule has 1 aliphatic heterocycles. The lowest BCUT2D eigenvalue weighted by Crippen LogP contribution is -2.30. The molecule has 0 radical (unpaired) electrons. The minimum absolute atomic E-state index is 0.0384. The number of rotatable bonds is 3. The van der Waals surface area contributed by atoms with Crippen LogP contribution in [0, 0.1) is 5.92 Å². The van der Waals surface area contributed by atoms with Gasteiger partial charge in [-0.3, -0.25) is 4.79 Å². The monoisotopic (exact) mass is 303 g/mol. The van der Waals surface area contributed by atoms with Crippen LogP contribution in [0.5, 0.6) is 5.75 Å². The third-order valence-corrected chi connectivity index (χ3v) is 3.44. The molecule has 1 amide bonds. The molecule has 1 saturated heterocycles. The number of ether oxygens (including phenoxy) is 1.